The summed E-state index contributed by atoms with van der Waals surface area (Å²) in [6.45, 7) is 0. The molecule has 3 aliphatic carbocycles. The molecule has 0 saturated heterocycles. The van der Waals surface area contributed by atoms with Gasteiger partial charge in [-0.15, -0.1) is 12.4 Å². The van der Waals surface area contributed by atoms with Crippen LogP contribution < -0.4 is 5.32 Å². The van der Waals surface area contributed by atoms with Gasteiger partial charge in [0.25, 0.3) is 0 Å². The second-order valence-corrected chi connectivity index (χ2v) is 6.74. The van der Waals surface area contributed by atoms with Gasteiger partial charge >= 0.3 is 0 Å². The minimum absolute atomic E-state index is 0. The number of rotatable bonds is 3. The summed E-state index contributed by atoms with van der Waals surface area (Å²) < 4.78 is 0. The minimum Gasteiger partial charge on any atom is -0.371 e. The Morgan fingerprint density at radius 1 is 0.944 bits per heavy atom. The fourth-order valence-corrected chi connectivity index (χ4v) is 3.92. The summed E-state index contributed by atoms with van der Waals surface area (Å²) in [5.74, 6) is 4.26. The van der Waals surface area contributed by atoms with Crippen molar-refractivity contribution >= 4 is 18.2 Å². The number of halogens is 1. The first kappa shape index (κ1) is 12.8. The molecule has 1 aliphatic heterocycles. The summed E-state index contributed by atoms with van der Waals surface area (Å²) in [5.41, 5.74) is 0. The topological polar surface area (TPSA) is 24.4 Å². The molecule has 0 aromatic rings. The van der Waals surface area contributed by atoms with Gasteiger partial charge in [-0.1, -0.05) is 12.8 Å². The highest BCUT2D eigenvalue weighted by Gasteiger charge is 2.43. The molecule has 4 aliphatic rings. The van der Waals surface area contributed by atoms with Crippen molar-refractivity contribution in [1.29, 1.82) is 0 Å². The maximum atomic E-state index is 4.98. The minimum atomic E-state index is 0. The van der Waals surface area contributed by atoms with Crippen molar-refractivity contribution in [3.05, 3.63) is 0 Å². The molecule has 18 heavy (non-hydrogen) atoms. The van der Waals surface area contributed by atoms with E-state index < -0.39 is 0 Å². The van der Waals surface area contributed by atoms with Crippen LogP contribution in [-0.2, 0) is 0 Å². The predicted molar refractivity (Wildman–Crippen MR) is 77.4 cm³/mol. The summed E-state index contributed by atoms with van der Waals surface area (Å²) >= 11 is 0. The number of nitrogens with one attached hydrogen (secondary N) is 1. The van der Waals surface area contributed by atoms with Crippen LogP contribution in [0, 0.1) is 17.8 Å². The van der Waals surface area contributed by atoms with Gasteiger partial charge in [0.2, 0.25) is 0 Å². The molecule has 0 aromatic heterocycles. The zero-order valence-electron chi connectivity index (χ0n) is 11.1. The predicted octanol–water partition coefficient (Wildman–Crippen LogP) is 3.55. The molecule has 0 amide bonds. The number of fused-ring (bicyclic) bond motifs is 1. The molecule has 0 spiro atoms. The van der Waals surface area contributed by atoms with Gasteiger partial charge in [-0.3, -0.25) is 4.99 Å². The van der Waals surface area contributed by atoms with Crippen LogP contribution in [0.4, 0.5) is 0 Å². The van der Waals surface area contributed by atoms with Crippen LogP contribution in [0.1, 0.15) is 57.8 Å². The lowest BCUT2D eigenvalue weighted by Crippen LogP contribution is -2.37. The SMILES string of the molecule is C1CC[C@@H]2N=C(NC(C3CC3)C3CC3)C[C@@H]2C1.Cl. The van der Waals surface area contributed by atoms with E-state index in [9.17, 15) is 0 Å². The zero-order valence-corrected chi connectivity index (χ0v) is 11.9. The van der Waals surface area contributed by atoms with Gasteiger partial charge in [-0.2, -0.15) is 0 Å². The van der Waals surface area contributed by atoms with E-state index >= 15 is 0 Å². The highest BCUT2D eigenvalue weighted by Crippen LogP contribution is 2.45. The summed E-state index contributed by atoms with van der Waals surface area (Å²) in [6, 6.07) is 1.49. The number of amidine groups is 1. The Balaban J connectivity index is 0.000001000. The molecular weight excluding hydrogens is 244 g/mol. The number of aliphatic imine (C=N–C) groups is 1. The van der Waals surface area contributed by atoms with E-state index in [0.717, 1.165) is 23.8 Å². The molecule has 0 bridgehead atoms. The van der Waals surface area contributed by atoms with Crippen LogP contribution in [0.15, 0.2) is 4.99 Å². The third-order valence-corrected chi connectivity index (χ3v) is 5.24. The van der Waals surface area contributed by atoms with E-state index in [1.54, 1.807) is 0 Å². The molecule has 3 heteroatoms. The normalized spacial score (nSPS) is 34.8. The molecule has 1 N–H and O–H groups in total. The van der Waals surface area contributed by atoms with Gasteiger partial charge in [0.05, 0.1) is 11.9 Å². The average molecular weight is 269 g/mol. The van der Waals surface area contributed by atoms with E-state index in [1.165, 1.54) is 63.6 Å². The van der Waals surface area contributed by atoms with E-state index in [0.29, 0.717) is 6.04 Å². The molecule has 1 heterocycles. The highest BCUT2D eigenvalue weighted by atomic mass is 35.5. The summed E-state index contributed by atoms with van der Waals surface area (Å²) in [5, 5.41) is 3.85. The first-order valence-electron chi connectivity index (χ1n) is 7.73. The Hall–Kier alpha value is -0.240. The Morgan fingerprint density at radius 3 is 2.22 bits per heavy atom. The highest BCUT2D eigenvalue weighted by molar-refractivity contribution is 5.85. The molecular formula is C15H25ClN2. The first-order chi connectivity index (χ1) is 8.40. The second-order valence-electron chi connectivity index (χ2n) is 6.74. The Kier molecular flexibility index (Phi) is 3.57. The molecule has 0 unspecified atom stereocenters. The molecule has 3 saturated carbocycles. The van der Waals surface area contributed by atoms with Crippen LogP contribution in [0.2, 0.25) is 0 Å². The Morgan fingerprint density at radius 2 is 1.61 bits per heavy atom. The smallest absolute Gasteiger partial charge is 0.0972 e. The molecule has 2 atom stereocenters. The number of nitrogens with zero attached hydrogens (tertiary/aromatic N) is 1. The lowest BCUT2D eigenvalue weighted by molar-refractivity contribution is 0.337. The van der Waals surface area contributed by atoms with Crippen LogP contribution in [-0.4, -0.2) is 17.9 Å². The van der Waals surface area contributed by atoms with Gasteiger partial charge in [0.1, 0.15) is 0 Å². The standard InChI is InChI=1S/C15H24N2.ClH/c1-2-4-13-12(3-1)9-14(16-13)17-15(10-5-6-10)11-7-8-11;/h10-13,15H,1-9H2,(H,16,17);1H/t12-,13-;/m0./s1. The molecule has 4 rings (SSSR count). The monoisotopic (exact) mass is 268 g/mol. The van der Waals surface area contributed by atoms with Gasteiger partial charge in [0, 0.05) is 12.5 Å². The number of hydrogen-bond acceptors (Lipinski definition) is 2. The zero-order chi connectivity index (χ0) is 11.2. The lowest BCUT2D eigenvalue weighted by Gasteiger charge is -2.22. The first-order valence-corrected chi connectivity index (χ1v) is 7.73. The van der Waals surface area contributed by atoms with Crippen molar-refractivity contribution in [2.45, 2.75) is 69.9 Å². The maximum absolute atomic E-state index is 4.98. The van der Waals surface area contributed by atoms with Crippen LogP contribution >= 0.6 is 12.4 Å². The summed E-state index contributed by atoms with van der Waals surface area (Å²) in [6.07, 6.45) is 12.8. The third-order valence-electron chi connectivity index (χ3n) is 5.24. The van der Waals surface area contributed by atoms with Crippen molar-refractivity contribution in [1.82, 2.24) is 5.32 Å². The Labute approximate surface area is 116 Å². The maximum Gasteiger partial charge on any atom is 0.0972 e. The largest absolute Gasteiger partial charge is 0.371 e. The average Bonchev–Trinajstić information content (AvgIpc) is 3.22. The fourth-order valence-electron chi connectivity index (χ4n) is 3.92. The van der Waals surface area contributed by atoms with Gasteiger partial charge < -0.3 is 5.32 Å². The fraction of sp³-hybridized carbons (Fsp3) is 0.933. The Bertz CT molecular complexity index is 321. The molecule has 0 radical (unpaired) electrons. The van der Waals surface area contributed by atoms with Crippen molar-refractivity contribution in [2.24, 2.45) is 22.7 Å². The second kappa shape index (κ2) is 5.03. The van der Waals surface area contributed by atoms with Crippen molar-refractivity contribution in [3.63, 3.8) is 0 Å². The number of hydrogen-bond donors (Lipinski definition) is 1. The van der Waals surface area contributed by atoms with Crippen LogP contribution in [0.3, 0.4) is 0 Å². The summed E-state index contributed by atoms with van der Waals surface area (Å²) in [7, 11) is 0. The van der Waals surface area contributed by atoms with Crippen LogP contribution in [0.5, 0.6) is 0 Å². The van der Waals surface area contributed by atoms with Crippen molar-refractivity contribution in [3.8, 4) is 0 Å². The van der Waals surface area contributed by atoms with Gasteiger partial charge in [-0.05, 0) is 56.3 Å². The molecule has 102 valence electrons. The molecule has 2 nitrogen and oxygen atoms in total. The lowest BCUT2D eigenvalue weighted by atomic mass is 9.85. The van der Waals surface area contributed by atoms with Crippen molar-refractivity contribution in [2.75, 3.05) is 0 Å². The van der Waals surface area contributed by atoms with Gasteiger partial charge in [0.15, 0.2) is 0 Å². The summed E-state index contributed by atoms with van der Waals surface area (Å²) in [4.78, 5) is 4.98. The molecule has 3 fully saturated rings. The van der Waals surface area contributed by atoms with Gasteiger partial charge in [-0.25, -0.2) is 0 Å². The van der Waals surface area contributed by atoms with E-state index in [4.69, 9.17) is 4.99 Å². The van der Waals surface area contributed by atoms with E-state index in [2.05, 4.69) is 5.32 Å². The van der Waals surface area contributed by atoms with Crippen molar-refractivity contribution < 1.29 is 0 Å². The third kappa shape index (κ3) is 2.54. The molecule has 0 aromatic carbocycles. The van der Waals surface area contributed by atoms with Crippen LogP contribution in [0.25, 0.3) is 0 Å². The van der Waals surface area contributed by atoms with E-state index in [1.807, 2.05) is 0 Å². The van der Waals surface area contributed by atoms with E-state index in [-0.39, 0.29) is 12.4 Å². The quantitative estimate of drug-likeness (QED) is 0.832.